The van der Waals surface area contributed by atoms with Gasteiger partial charge >= 0.3 is 0 Å². The first-order chi connectivity index (χ1) is 6.13. The quantitative estimate of drug-likeness (QED) is 0.650. The molecule has 0 bridgehead atoms. The molecule has 0 spiro atoms. The molecule has 13 heavy (non-hydrogen) atoms. The molecule has 1 aliphatic carbocycles. The number of carbonyl (C=O) groups excluding carboxylic acids is 1. The Morgan fingerprint density at radius 2 is 2.15 bits per heavy atom. The third-order valence-corrected chi connectivity index (χ3v) is 2.44. The molecule has 1 atom stereocenters. The maximum Gasteiger partial charge on any atom is 0.150 e. The Labute approximate surface area is 79.9 Å². The number of ketones is 1. The van der Waals surface area contributed by atoms with E-state index in [1.807, 2.05) is 0 Å². The van der Waals surface area contributed by atoms with Crippen LogP contribution in [-0.2, 0) is 4.79 Å². The second-order valence-corrected chi connectivity index (χ2v) is 4.43. The topological polar surface area (TPSA) is 40.9 Å². The molecule has 0 heterocycles. The van der Waals surface area contributed by atoms with E-state index in [4.69, 9.17) is 5.26 Å². The Balaban J connectivity index is 2.35. The molecule has 0 aromatic rings. The van der Waals surface area contributed by atoms with E-state index in [0.717, 1.165) is 6.42 Å². The van der Waals surface area contributed by atoms with Crippen LogP contribution in [0, 0.1) is 29.1 Å². The normalized spacial score (nSPS) is 18.3. The van der Waals surface area contributed by atoms with E-state index in [2.05, 4.69) is 19.9 Å². The summed E-state index contributed by atoms with van der Waals surface area (Å²) in [6.07, 6.45) is 3.74. The molecule has 1 fully saturated rings. The molecule has 0 radical (unpaired) electrons. The van der Waals surface area contributed by atoms with E-state index in [9.17, 15) is 4.79 Å². The molecule has 1 rings (SSSR count). The Bertz CT molecular complexity index is 223. The minimum atomic E-state index is -0.347. The van der Waals surface area contributed by atoms with Gasteiger partial charge in [0.1, 0.15) is 11.7 Å². The van der Waals surface area contributed by atoms with Crippen LogP contribution in [-0.4, -0.2) is 5.78 Å². The Morgan fingerprint density at radius 1 is 1.54 bits per heavy atom. The van der Waals surface area contributed by atoms with Crippen molar-refractivity contribution in [1.82, 2.24) is 0 Å². The van der Waals surface area contributed by atoms with E-state index in [1.54, 1.807) is 0 Å². The first kappa shape index (κ1) is 10.2. The molecule has 1 aliphatic rings. The molecule has 0 amide bonds. The van der Waals surface area contributed by atoms with Gasteiger partial charge in [-0.15, -0.1) is 0 Å². The lowest BCUT2D eigenvalue weighted by atomic mass is 9.92. The fourth-order valence-electron chi connectivity index (χ4n) is 1.48. The van der Waals surface area contributed by atoms with Crippen LogP contribution >= 0.6 is 0 Å². The molecular weight excluding hydrogens is 162 g/mol. The Hall–Kier alpha value is -0.840. The summed E-state index contributed by atoms with van der Waals surface area (Å²) in [5.41, 5.74) is 0. The summed E-state index contributed by atoms with van der Waals surface area (Å²) in [5, 5.41) is 8.81. The van der Waals surface area contributed by atoms with Crippen LogP contribution in [0.3, 0.4) is 0 Å². The maximum absolute atomic E-state index is 11.5. The fraction of sp³-hybridized carbons (Fsp3) is 0.818. The van der Waals surface area contributed by atoms with Gasteiger partial charge in [0.25, 0.3) is 0 Å². The average molecular weight is 179 g/mol. The maximum atomic E-state index is 11.5. The minimum absolute atomic E-state index is 0.165. The van der Waals surface area contributed by atoms with E-state index in [-0.39, 0.29) is 11.7 Å². The third kappa shape index (κ3) is 3.59. The van der Waals surface area contributed by atoms with Gasteiger partial charge in [-0.25, -0.2) is 0 Å². The van der Waals surface area contributed by atoms with Crippen molar-refractivity contribution in [3.05, 3.63) is 0 Å². The van der Waals surface area contributed by atoms with Crippen LogP contribution in [0.15, 0.2) is 0 Å². The van der Waals surface area contributed by atoms with Gasteiger partial charge in [-0.05, 0) is 31.1 Å². The predicted octanol–water partition coefficient (Wildman–Crippen LogP) is 2.54. The van der Waals surface area contributed by atoms with E-state index < -0.39 is 0 Å². The molecule has 2 nitrogen and oxygen atoms in total. The van der Waals surface area contributed by atoms with Crippen molar-refractivity contribution in [3.63, 3.8) is 0 Å². The van der Waals surface area contributed by atoms with Crippen LogP contribution in [0.1, 0.15) is 39.5 Å². The number of nitriles is 1. The van der Waals surface area contributed by atoms with Gasteiger partial charge in [0.15, 0.2) is 0 Å². The molecule has 72 valence electrons. The standard InChI is InChI=1S/C11H17NO/c1-8(2)5-10(7-12)11(13)6-9-3-4-9/h8-10H,3-6H2,1-2H3. The van der Waals surface area contributed by atoms with E-state index in [0.29, 0.717) is 18.3 Å². The van der Waals surface area contributed by atoms with Crippen molar-refractivity contribution >= 4 is 5.78 Å². The molecule has 1 unspecified atom stereocenters. The summed E-state index contributed by atoms with van der Waals surface area (Å²) < 4.78 is 0. The number of nitrogens with zero attached hydrogens (tertiary/aromatic N) is 1. The van der Waals surface area contributed by atoms with Crippen molar-refractivity contribution in [1.29, 1.82) is 5.26 Å². The molecular formula is C11H17NO. The zero-order valence-corrected chi connectivity index (χ0v) is 8.42. The SMILES string of the molecule is CC(C)CC(C#N)C(=O)CC1CC1. The number of carbonyl (C=O) groups is 1. The highest BCUT2D eigenvalue weighted by Gasteiger charge is 2.28. The highest BCUT2D eigenvalue weighted by Crippen LogP contribution is 2.33. The molecule has 0 aromatic carbocycles. The lowest BCUT2D eigenvalue weighted by molar-refractivity contribution is -0.122. The lowest BCUT2D eigenvalue weighted by Gasteiger charge is -2.09. The number of hydrogen-bond donors (Lipinski definition) is 0. The molecule has 2 heteroatoms. The van der Waals surface area contributed by atoms with Gasteiger partial charge in [-0.3, -0.25) is 4.79 Å². The van der Waals surface area contributed by atoms with Gasteiger partial charge in [0.2, 0.25) is 0 Å². The van der Waals surface area contributed by atoms with Gasteiger partial charge in [0.05, 0.1) is 6.07 Å². The Kier molecular flexibility index (Phi) is 3.48. The van der Waals surface area contributed by atoms with Crippen molar-refractivity contribution in [3.8, 4) is 6.07 Å². The van der Waals surface area contributed by atoms with Gasteiger partial charge < -0.3 is 0 Å². The van der Waals surface area contributed by atoms with Gasteiger partial charge in [-0.2, -0.15) is 5.26 Å². The van der Waals surface area contributed by atoms with Crippen LogP contribution in [0.2, 0.25) is 0 Å². The van der Waals surface area contributed by atoms with Crippen molar-refractivity contribution in [2.45, 2.75) is 39.5 Å². The minimum Gasteiger partial charge on any atom is -0.298 e. The Morgan fingerprint density at radius 3 is 2.54 bits per heavy atom. The molecule has 1 saturated carbocycles. The lowest BCUT2D eigenvalue weighted by Crippen LogP contribution is -2.15. The van der Waals surface area contributed by atoms with E-state index in [1.165, 1.54) is 12.8 Å². The zero-order chi connectivity index (χ0) is 9.84. The number of Topliss-reactive ketones (excluding diaryl/α,β-unsaturated/α-hetero) is 1. The van der Waals surface area contributed by atoms with Gasteiger partial charge in [0, 0.05) is 6.42 Å². The van der Waals surface area contributed by atoms with Crippen molar-refractivity contribution in [2.75, 3.05) is 0 Å². The molecule has 0 saturated heterocycles. The van der Waals surface area contributed by atoms with Crippen LogP contribution in [0.5, 0.6) is 0 Å². The summed E-state index contributed by atoms with van der Waals surface area (Å²) in [6, 6.07) is 2.12. The number of hydrogen-bond acceptors (Lipinski definition) is 2. The second-order valence-electron chi connectivity index (χ2n) is 4.43. The molecule has 0 aliphatic heterocycles. The van der Waals surface area contributed by atoms with Crippen molar-refractivity contribution in [2.24, 2.45) is 17.8 Å². The number of rotatable bonds is 5. The van der Waals surface area contributed by atoms with E-state index >= 15 is 0 Å². The smallest absolute Gasteiger partial charge is 0.150 e. The first-order valence-electron chi connectivity index (χ1n) is 5.05. The first-order valence-corrected chi connectivity index (χ1v) is 5.05. The largest absolute Gasteiger partial charge is 0.298 e. The van der Waals surface area contributed by atoms with Crippen molar-refractivity contribution < 1.29 is 4.79 Å². The van der Waals surface area contributed by atoms with Crippen LogP contribution in [0.25, 0.3) is 0 Å². The summed E-state index contributed by atoms with van der Waals surface area (Å²) >= 11 is 0. The second kappa shape index (κ2) is 4.41. The predicted molar refractivity (Wildman–Crippen MR) is 50.9 cm³/mol. The highest BCUT2D eigenvalue weighted by molar-refractivity contribution is 5.83. The van der Waals surface area contributed by atoms with Crippen LogP contribution < -0.4 is 0 Å². The highest BCUT2D eigenvalue weighted by atomic mass is 16.1. The summed E-state index contributed by atoms with van der Waals surface area (Å²) in [5.74, 6) is 0.864. The third-order valence-electron chi connectivity index (χ3n) is 2.44. The fourth-order valence-corrected chi connectivity index (χ4v) is 1.48. The van der Waals surface area contributed by atoms with Gasteiger partial charge in [-0.1, -0.05) is 13.8 Å². The summed E-state index contributed by atoms with van der Waals surface area (Å²) in [6.45, 7) is 4.10. The summed E-state index contributed by atoms with van der Waals surface area (Å²) in [4.78, 5) is 11.5. The summed E-state index contributed by atoms with van der Waals surface area (Å²) in [7, 11) is 0. The molecule has 0 N–H and O–H groups in total. The van der Waals surface area contributed by atoms with Crippen LogP contribution in [0.4, 0.5) is 0 Å². The molecule has 0 aromatic heterocycles. The monoisotopic (exact) mass is 179 g/mol. The average Bonchev–Trinajstić information content (AvgIpc) is 2.83. The zero-order valence-electron chi connectivity index (χ0n) is 8.42.